The molecule has 2 heterocycles. The highest BCUT2D eigenvalue weighted by atomic mass is 16.5. The van der Waals surface area contributed by atoms with Crippen molar-refractivity contribution in [1.29, 1.82) is 0 Å². The van der Waals surface area contributed by atoms with Crippen molar-refractivity contribution in [3.63, 3.8) is 0 Å². The fraction of sp³-hybridized carbons (Fsp3) is 0.353. The highest BCUT2D eigenvalue weighted by molar-refractivity contribution is 5.97. The van der Waals surface area contributed by atoms with E-state index in [2.05, 4.69) is 12.2 Å². The number of nitrogens with zero attached hydrogens (tertiary/aromatic N) is 1. The van der Waals surface area contributed by atoms with Crippen molar-refractivity contribution < 1.29 is 23.5 Å². The van der Waals surface area contributed by atoms with Crippen LogP contribution < -0.4 is 5.32 Å². The average Bonchev–Trinajstić information content (AvgIpc) is 3.18. The minimum absolute atomic E-state index is 0.0119. The predicted molar refractivity (Wildman–Crippen MR) is 85.4 cm³/mol. The number of esters is 1. The Morgan fingerprint density at radius 2 is 2.21 bits per heavy atom. The van der Waals surface area contributed by atoms with Gasteiger partial charge in [-0.1, -0.05) is 19.1 Å². The van der Waals surface area contributed by atoms with Crippen molar-refractivity contribution in [3.8, 4) is 0 Å². The van der Waals surface area contributed by atoms with Gasteiger partial charge in [-0.2, -0.15) is 0 Å². The van der Waals surface area contributed by atoms with Gasteiger partial charge in [-0.3, -0.25) is 14.5 Å². The Morgan fingerprint density at radius 3 is 2.92 bits per heavy atom. The SMILES string of the molecule is CCc1ccc2c(CC(=O)OCC(=O)N3CCNC3=O)coc2c1. The molecule has 0 saturated carbocycles. The second-order valence-corrected chi connectivity index (χ2v) is 5.56. The summed E-state index contributed by atoms with van der Waals surface area (Å²) in [6.07, 6.45) is 2.44. The lowest BCUT2D eigenvalue weighted by Crippen LogP contribution is -2.37. The van der Waals surface area contributed by atoms with Gasteiger partial charge in [0.2, 0.25) is 0 Å². The van der Waals surface area contributed by atoms with Gasteiger partial charge in [0.25, 0.3) is 5.91 Å². The van der Waals surface area contributed by atoms with Gasteiger partial charge >= 0.3 is 12.0 Å². The Labute approximate surface area is 138 Å². The number of hydrogen-bond donors (Lipinski definition) is 1. The van der Waals surface area contributed by atoms with Crippen molar-refractivity contribution in [2.45, 2.75) is 19.8 Å². The molecule has 3 amide bonds. The molecule has 0 radical (unpaired) electrons. The number of furan rings is 1. The number of rotatable bonds is 5. The molecule has 1 aliphatic rings. The molecular weight excluding hydrogens is 312 g/mol. The van der Waals surface area contributed by atoms with Gasteiger partial charge in [0.15, 0.2) is 6.61 Å². The van der Waals surface area contributed by atoms with Gasteiger partial charge < -0.3 is 14.5 Å². The summed E-state index contributed by atoms with van der Waals surface area (Å²) in [5, 5.41) is 3.37. The number of fused-ring (bicyclic) bond motifs is 1. The summed E-state index contributed by atoms with van der Waals surface area (Å²) in [7, 11) is 0. The van der Waals surface area contributed by atoms with Gasteiger partial charge in [0.05, 0.1) is 12.7 Å². The van der Waals surface area contributed by atoms with E-state index in [1.54, 1.807) is 0 Å². The van der Waals surface area contributed by atoms with Gasteiger partial charge in [0.1, 0.15) is 5.58 Å². The molecule has 0 atom stereocenters. The lowest BCUT2D eigenvalue weighted by molar-refractivity contribution is -0.150. The van der Waals surface area contributed by atoms with Gasteiger partial charge in [-0.25, -0.2) is 4.79 Å². The van der Waals surface area contributed by atoms with Crippen LogP contribution in [-0.2, 0) is 27.2 Å². The number of aryl methyl sites for hydroxylation is 1. The molecule has 1 fully saturated rings. The number of urea groups is 1. The van der Waals surface area contributed by atoms with E-state index in [-0.39, 0.29) is 6.42 Å². The Bertz CT molecular complexity index is 795. The third kappa shape index (κ3) is 3.24. The Hall–Kier alpha value is -2.83. The molecular formula is C17H18N2O5. The molecule has 1 N–H and O–H groups in total. The predicted octanol–water partition coefficient (Wildman–Crippen LogP) is 1.63. The third-order valence-corrected chi connectivity index (χ3v) is 3.98. The van der Waals surface area contributed by atoms with Crippen molar-refractivity contribution in [3.05, 3.63) is 35.6 Å². The number of carbonyl (C=O) groups is 3. The van der Waals surface area contributed by atoms with E-state index in [1.165, 1.54) is 6.26 Å². The van der Waals surface area contributed by atoms with Gasteiger partial charge in [-0.15, -0.1) is 0 Å². The lowest BCUT2D eigenvalue weighted by atomic mass is 10.1. The fourth-order valence-corrected chi connectivity index (χ4v) is 2.62. The molecule has 7 nitrogen and oxygen atoms in total. The summed E-state index contributed by atoms with van der Waals surface area (Å²) in [6.45, 7) is 2.32. The van der Waals surface area contributed by atoms with Crippen LogP contribution in [0.2, 0.25) is 0 Å². The van der Waals surface area contributed by atoms with Crippen molar-refractivity contribution in [2.75, 3.05) is 19.7 Å². The maximum absolute atomic E-state index is 11.9. The molecule has 2 aromatic rings. The number of hydrogen-bond acceptors (Lipinski definition) is 5. The van der Waals surface area contributed by atoms with E-state index in [0.717, 1.165) is 27.9 Å². The molecule has 3 rings (SSSR count). The lowest BCUT2D eigenvalue weighted by Gasteiger charge is -2.11. The first-order chi connectivity index (χ1) is 11.6. The molecule has 0 spiro atoms. The first-order valence-electron chi connectivity index (χ1n) is 7.81. The van der Waals surface area contributed by atoms with Crippen molar-refractivity contribution in [1.82, 2.24) is 10.2 Å². The first-order valence-corrected chi connectivity index (χ1v) is 7.81. The molecule has 1 aromatic heterocycles. The average molecular weight is 330 g/mol. The normalized spacial score (nSPS) is 14.0. The Morgan fingerprint density at radius 1 is 1.38 bits per heavy atom. The minimum atomic E-state index is -0.537. The summed E-state index contributed by atoms with van der Waals surface area (Å²) in [6, 6.07) is 5.39. The standard InChI is InChI=1S/C17H18N2O5/c1-2-11-3-4-13-12(9-23-14(13)7-11)8-16(21)24-10-15(20)19-6-5-18-17(19)22/h3-4,7,9H,2,5-6,8,10H2,1H3,(H,18,22). The van der Waals surface area contributed by atoms with Crippen LogP contribution in [0.15, 0.2) is 28.9 Å². The molecule has 0 aliphatic carbocycles. The summed E-state index contributed by atoms with van der Waals surface area (Å²) in [5.41, 5.74) is 2.59. The molecule has 24 heavy (non-hydrogen) atoms. The molecule has 1 aromatic carbocycles. The fourth-order valence-electron chi connectivity index (χ4n) is 2.62. The van der Waals surface area contributed by atoms with E-state index in [4.69, 9.17) is 9.15 Å². The van der Waals surface area contributed by atoms with E-state index >= 15 is 0 Å². The van der Waals surface area contributed by atoms with Gasteiger partial charge in [0, 0.05) is 24.0 Å². The van der Waals surface area contributed by atoms with Crippen LogP contribution in [0.5, 0.6) is 0 Å². The molecule has 0 bridgehead atoms. The van der Waals surface area contributed by atoms with Crippen LogP contribution in [-0.4, -0.2) is 42.5 Å². The quantitative estimate of drug-likeness (QED) is 0.842. The van der Waals surface area contributed by atoms with Crippen molar-refractivity contribution >= 4 is 28.9 Å². The summed E-state index contributed by atoms with van der Waals surface area (Å²) in [4.78, 5) is 36.1. The summed E-state index contributed by atoms with van der Waals surface area (Å²) in [5.74, 6) is -1.06. The van der Waals surface area contributed by atoms with Crippen LogP contribution in [0.1, 0.15) is 18.1 Å². The van der Waals surface area contributed by atoms with E-state index in [1.807, 2.05) is 18.2 Å². The molecule has 7 heteroatoms. The highest BCUT2D eigenvalue weighted by Crippen LogP contribution is 2.23. The second-order valence-electron chi connectivity index (χ2n) is 5.56. The van der Waals surface area contributed by atoms with Crippen LogP contribution in [0.4, 0.5) is 4.79 Å². The molecule has 126 valence electrons. The minimum Gasteiger partial charge on any atom is -0.464 e. The topological polar surface area (TPSA) is 88.9 Å². The zero-order valence-electron chi connectivity index (χ0n) is 13.3. The maximum Gasteiger partial charge on any atom is 0.324 e. The summed E-state index contributed by atoms with van der Waals surface area (Å²) < 4.78 is 10.5. The summed E-state index contributed by atoms with van der Waals surface area (Å²) >= 11 is 0. The number of nitrogens with one attached hydrogen (secondary N) is 1. The first kappa shape index (κ1) is 16.0. The number of carbonyl (C=O) groups excluding carboxylic acids is 3. The Kier molecular flexibility index (Phi) is 4.50. The second kappa shape index (κ2) is 6.74. The van der Waals surface area contributed by atoms with Crippen LogP contribution >= 0.6 is 0 Å². The largest absolute Gasteiger partial charge is 0.464 e. The molecule has 1 aliphatic heterocycles. The highest BCUT2D eigenvalue weighted by Gasteiger charge is 2.26. The zero-order valence-corrected chi connectivity index (χ0v) is 13.3. The number of ether oxygens (including phenoxy) is 1. The van der Waals surface area contributed by atoms with E-state index < -0.39 is 24.5 Å². The van der Waals surface area contributed by atoms with Crippen LogP contribution in [0.3, 0.4) is 0 Å². The zero-order chi connectivity index (χ0) is 17.1. The molecule has 1 saturated heterocycles. The monoisotopic (exact) mass is 330 g/mol. The number of benzene rings is 1. The number of imide groups is 1. The smallest absolute Gasteiger partial charge is 0.324 e. The van der Waals surface area contributed by atoms with Gasteiger partial charge in [-0.05, 0) is 18.1 Å². The van der Waals surface area contributed by atoms with Crippen LogP contribution in [0.25, 0.3) is 11.0 Å². The molecule has 0 unspecified atom stereocenters. The van der Waals surface area contributed by atoms with Crippen molar-refractivity contribution in [2.24, 2.45) is 0 Å². The van der Waals surface area contributed by atoms with E-state index in [9.17, 15) is 14.4 Å². The third-order valence-electron chi connectivity index (χ3n) is 3.98. The van der Waals surface area contributed by atoms with E-state index in [0.29, 0.717) is 18.7 Å². The Balaban J connectivity index is 1.59. The number of amides is 3. The maximum atomic E-state index is 11.9. The van der Waals surface area contributed by atoms with Crippen LogP contribution in [0, 0.1) is 0 Å².